The van der Waals surface area contributed by atoms with Crippen LogP contribution in [0.4, 0.5) is 11.6 Å². The van der Waals surface area contributed by atoms with E-state index in [1.165, 1.54) is 19.3 Å². The number of carbonyl (C=O) groups is 1. The van der Waals surface area contributed by atoms with Crippen LogP contribution in [-0.4, -0.2) is 35.6 Å². The smallest absolute Gasteiger partial charge is 0.259 e. The third kappa shape index (κ3) is 3.82. The first-order valence-electron chi connectivity index (χ1n) is 8.38. The molecule has 6 nitrogen and oxygen atoms in total. The lowest BCUT2D eigenvalue weighted by Gasteiger charge is -2.26. The molecule has 24 heavy (non-hydrogen) atoms. The van der Waals surface area contributed by atoms with Crippen molar-refractivity contribution in [3.8, 4) is 5.75 Å². The maximum absolute atomic E-state index is 12.4. The van der Waals surface area contributed by atoms with Crippen molar-refractivity contribution in [2.45, 2.75) is 26.2 Å². The van der Waals surface area contributed by atoms with Crippen LogP contribution in [-0.2, 0) is 0 Å². The summed E-state index contributed by atoms with van der Waals surface area (Å²) in [5, 5.41) is 2.82. The van der Waals surface area contributed by atoms with Crippen molar-refractivity contribution in [1.82, 2.24) is 9.97 Å². The second-order valence-electron chi connectivity index (χ2n) is 5.70. The van der Waals surface area contributed by atoms with Crippen molar-refractivity contribution >= 4 is 17.5 Å². The Kier molecular flexibility index (Phi) is 5.25. The molecule has 2 heterocycles. The fourth-order valence-electron chi connectivity index (χ4n) is 2.78. The van der Waals surface area contributed by atoms with Gasteiger partial charge in [0.2, 0.25) is 5.95 Å². The minimum atomic E-state index is -0.228. The van der Waals surface area contributed by atoms with Crippen molar-refractivity contribution in [2.24, 2.45) is 0 Å². The number of ether oxygens (including phenoxy) is 1. The SMILES string of the molecule is CCOc1ccccc1C(=O)Nc1cnc(N2CCCCC2)nc1. The largest absolute Gasteiger partial charge is 0.493 e. The Bertz CT molecular complexity index is 682. The summed E-state index contributed by atoms with van der Waals surface area (Å²) >= 11 is 0. The predicted octanol–water partition coefficient (Wildman–Crippen LogP) is 3.12. The predicted molar refractivity (Wildman–Crippen MR) is 93.7 cm³/mol. The van der Waals surface area contributed by atoms with E-state index in [0.29, 0.717) is 23.6 Å². The number of carbonyl (C=O) groups excluding carboxylic acids is 1. The molecule has 6 heteroatoms. The summed E-state index contributed by atoms with van der Waals surface area (Å²) in [6, 6.07) is 7.18. The summed E-state index contributed by atoms with van der Waals surface area (Å²) in [4.78, 5) is 23.4. The van der Waals surface area contributed by atoms with Crippen LogP contribution in [0.5, 0.6) is 5.75 Å². The lowest BCUT2D eigenvalue weighted by atomic mass is 10.1. The minimum absolute atomic E-state index is 0.228. The molecule has 1 aliphatic rings. The van der Waals surface area contributed by atoms with Gasteiger partial charge in [-0.1, -0.05) is 12.1 Å². The fraction of sp³-hybridized carbons (Fsp3) is 0.389. The molecule has 1 aliphatic heterocycles. The Hall–Kier alpha value is -2.63. The molecule has 0 unspecified atom stereocenters. The second-order valence-corrected chi connectivity index (χ2v) is 5.70. The number of para-hydroxylation sites is 1. The molecular weight excluding hydrogens is 304 g/mol. The average molecular weight is 326 g/mol. The normalized spacial score (nSPS) is 14.3. The Morgan fingerprint density at radius 3 is 2.58 bits per heavy atom. The molecule has 1 amide bonds. The van der Waals surface area contributed by atoms with E-state index in [-0.39, 0.29) is 5.91 Å². The first-order chi connectivity index (χ1) is 11.8. The highest BCUT2D eigenvalue weighted by Gasteiger charge is 2.15. The monoisotopic (exact) mass is 326 g/mol. The number of piperidine rings is 1. The van der Waals surface area contributed by atoms with Gasteiger partial charge in [0.15, 0.2) is 0 Å². The van der Waals surface area contributed by atoms with E-state index in [1.54, 1.807) is 24.5 Å². The molecule has 2 aromatic rings. The fourth-order valence-corrected chi connectivity index (χ4v) is 2.78. The molecule has 0 radical (unpaired) electrons. The van der Waals surface area contributed by atoms with Gasteiger partial charge in [-0.25, -0.2) is 9.97 Å². The summed E-state index contributed by atoms with van der Waals surface area (Å²) < 4.78 is 5.50. The minimum Gasteiger partial charge on any atom is -0.493 e. The molecule has 0 spiro atoms. The topological polar surface area (TPSA) is 67.3 Å². The lowest BCUT2D eigenvalue weighted by molar-refractivity contribution is 0.102. The van der Waals surface area contributed by atoms with E-state index in [1.807, 2.05) is 19.1 Å². The Morgan fingerprint density at radius 1 is 1.17 bits per heavy atom. The summed E-state index contributed by atoms with van der Waals surface area (Å²) in [6.45, 7) is 4.39. The van der Waals surface area contributed by atoms with Crippen molar-refractivity contribution in [1.29, 1.82) is 0 Å². The third-order valence-electron chi connectivity index (χ3n) is 3.97. The number of nitrogens with zero attached hydrogens (tertiary/aromatic N) is 3. The van der Waals surface area contributed by atoms with E-state index in [2.05, 4.69) is 20.2 Å². The number of rotatable bonds is 5. The zero-order valence-electron chi connectivity index (χ0n) is 13.9. The highest BCUT2D eigenvalue weighted by molar-refractivity contribution is 6.06. The third-order valence-corrected chi connectivity index (χ3v) is 3.97. The number of hydrogen-bond donors (Lipinski definition) is 1. The van der Waals surface area contributed by atoms with E-state index in [4.69, 9.17) is 4.74 Å². The Balaban J connectivity index is 1.68. The van der Waals surface area contributed by atoms with Crippen LogP contribution in [0.25, 0.3) is 0 Å². The van der Waals surface area contributed by atoms with Crippen molar-refractivity contribution in [2.75, 3.05) is 29.9 Å². The van der Waals surface area contributed by atoms with Gasteiger partial charge in [0.05, 0.1) is 30.3 Å². The molecule has 0 bridgehead atoms. The van der Waals surface area contributed by atoms with E-state index < -0.39 is 0 Å². The molecule has 126 valence electrons. The molecule has 1 aromatic carbocycles. The van der Waals surface area contributed by atoms with Gasteiger partial charge in [-0.2, -0.15) is 0 Å². The van der Waals surface area contributed by atoms with Gasteiger partial charge in [0.25, 0.3) is 5.91 Å². The van der Waals surface area contributed by atoms with Crippen molar-refractivity contribution in [3.05, 3.63) is 42.2 Å². The molecule has 3 rings (SSSR count). The van der Waals surface area contributed by atoms with Crippen LogP contribution in [0.15, 0.2) is 36.7 Å². The molecule has 1 N–H and O–H groups in total. The maximum Gasteiger partial charge on any atom is 0.259 e. The van der Waals surface area contributed by atoms with E-state index in [9.17, 15) is 4.79 Å². The first-order valence-corrected chi connectivity index (χ1v) is 8.38. The van der Waals surface area contributed by atoms with Crippen molar-refractivity contribution < 1.29 is 9.53 Å². The van der Waals surface area contributed by atoms with Gasteiger partial charge in [-0.15, -0.1) is 0 Å². The zero-order chi connectivity index (χ0) is 16.8. The summed E-state index contributed by atoms with van der Waals surface area (Å²) in [5.41, 5.74) is 1.08. The zero-order valence-corrected chi connectivity index (χ0v) is 13.9. The van der Waals surface area contributed by atoms with Crippen LogP contribution in [0.2, 0.25) is 0 Å². The van der Waals surface area contributed by atoms with Gasteiger partial charge in [-0.05, 0) is 38.3 Å². The number of anilines is 2. The Morgan fingerprint density at radius 2 is 1.88 bits per heavy atom. The molecule has 1 saturated heterocycles. The molecular formula is C18H22N4O2. The standard InChI is InChI=1S/C18H22N4O2/c1-2-24-16-9-5-4-8-15(16)17(23)21-14-12-19-18(20-13-14)22-10-6-3-7-11-22/h4-5,8-9,12-13H,2-3,6-7,10-11H2,1H3,(H,21,23). The number of benzene rings is 1. The molecule has 0 saturated carbocycles. The molecule has 0 aliphatic carbocycles. The first kappa shape index (κ1) is 16.2. The number of aromatic nitrogens is 2. The summed E-state index contributed by atoms with van der Waals surface area (Å²) in [7, 11) is 0. The van der Waals surface area contributed by atoms with Gasteiger partial charge in [0, 0.05) is 13.1 Å². The van der Waals surface area contributed by atoms with E-state index in [0.717, 1.165) is 19.0 Å². The van der Waals surface area contributed by atoms with Gasteiger partial charge in [-0.3, -0.25) is 4.79 Å². The molecule has 1 aromatic heterocycles. The van der Waals surface area contributed by atoms with Crippen LogP contribution in [0.1, 0.15) is 36.5 Å². The van der Waals surface area contributed by atoms with Crippen molar-refractivity contribution in [3.63, 3.8) is 0 Å². The quantitative estimate of drug-likeness (QED) is 0.914. The number of hydrogen-bond acceptors (Lipinski definition) is 5. The van der Waals surface area contributed by atoms with Gasteiger partial charge in [0.1, 0.15) is 5.75 Å². The summed E-state index contributed by atoms with van der Waals surface area (Å²) in [5.74, 6) is 1.07. The number of amides is 1. The van der Waals surface area contributed by atoms with Gasteiger partial charge < -0.3 is 15.0 Å². The Labute approximate surface area is 141 Å². The van der Waals surface area contributed by atoms with Gasteiger partial charge >= 0.3 is 0 Å². The molecule has 0 atom stereocenters. The van der Waals surface area contributed by atoms with Crippen LogP contribution < -0.4 is 15.0 Å². The highest BCUT2D eigenvalue weighted by atomic mass is 16.5. The number of nitrogens with one attached hydrogen (secondary N) is 1. The maximum atomic E-state index is 12.4. The second kappa shape index (κ2) is 7.77. The average Bonchev–Trinajstić information content (AvgIpc) is 2.64. The summed E-state index contributed by atoms with van der Waals surface area (Å²) in [6.07, 6.45) is 6.92. The van der Waals surface area contributed by atoms with Crippen LogP contribution >= 0.6 is 0 Å². The van der Waals surface area contributed by atoms with Crippen LogP contribution in [0, 0.1) is 0 Å². The highest BCUT2D eigenvalue weighted by Crippen LogP contribution is 2.20. The molecule has 1 fully saturated rings. The van der Waals surface area contributed by atoms with E-state index >= 15 is 0 Å². The van der Waals surface area contributed by atoms with Crippen LogP contribution in [0.3, 0.4) is 0 Å². The lowest BCUT2D eigenvalue weighted by Crippen LogP contribution is -2.30.